The molecule has 2 fully saturated rings. The lowest BCUT2D eigenvalue weighted by molar-refractivity contribution is -0.143. The SMILES string of the molecule is O=C([C@@H]1COc2ccccc2O1)N1CCN([C@H]2CC(=O)N(c3cccc(C(F)(F)F)c3)C2=O)CC1. The molecule has 0 aliphatic carbocycles. The Morgan fingerprint density at radius 2 is 1.66 bits per heavy atom. The zero-order valence-corrected chi connectivity index (χ0v) is 18.5. The summed E-state index contributed by atoms with van der Waals surface area (Å²) in [5.41, 5.74) is -1.02. The average molecular weight is 489 g/mol. The van der Waals surface area contributed by atoms with Crippen LogP contribution in [0.5, 0.6) is 11.5 Å². The molecule has 0 radical (unpaired) electrons. The standard InChI is InChI=1S/C24H22F3N3O5/c25-24(26,27)15-4-3-5-16(12-15)30-21(31)13-17(22(30)32)28-8-10-29(11-9-28)23(33)20-14-34-18-6-1-2-7-19(18)35-20/h1-7,12,17,20H,8-11,13-14H2/t17-,20-/m0/s1. The number of amides is 3. The minimum absolute atomic E-state index is 0.0949. The summed E-state index contributed by atoms with van der Waals surface area (Å²) in [5, 5.41) is 0. The van der Waals surface area contributed by atoms with Gasteiger partial charge >= 0.3 is 6.18 Å². The fourth-order valence-corrected chi connectivity index (χ4v) is 4.59. The lowest BCUT2D eigenvalue weighted by Crippen LogP contribution is -2.57. The number of para-hydroxylation sites is 2. The Kier molecular flexibility index (Phi) is 5.87. The van der Waals surface area contributed by atoms with Crippen LogP contribution in [-0.4, -0.2) is 72.5 Å². The van der Waals surface area contributed by atoms with E-state index in [9.17, 15) is 27.6 Å². The van der Waals surface area contributed by atoms with Crippen molar-refractivity contribution >= 4 is 23.4 Å². The zero-order valence-electron chi connectivity index (χ0n) is 18.5. The van der Waals surface area contributed by atoms with Gasteiger partial charge in [-0.05, 0) is 30.3 Å². The Labute approximate surface area is 198 Å². The highest BCUT2D eigenvalue weighted by molar-refractivity contribution is 6.22. The molecule has 2 atom stereocenters. The Morgan fingerprint density at radius 3 is 2.37 bits per heavy atom. The molecule has 0 saturated carbocycles. The number of anilines is 1. The predicted octanol–water partition coefficient (Wildman–Crippen LogP) is 2.32. The normalized spacial score (nSPS) is 23.1. The summed E-state index contributed by atoms with van der Waals surface area (Å²) in [7, 11) is 0. The van der Waals surface area contributed by atoms with Crippen LogP contribution in [0.3, 0.4) is 0 Å². The molecule has 0 bridgehead atoms. The molecule has 3 heterocycles. The van der Waals surface area contributed by atoms with Gasteiger partial charge in [0.05, 0.1) is 23.7 Å². The molecule has 0 N–H and O–H groups in total. The van der Waals surface area contributed by atoms with E-state index in [0.717, 1.165) is 17.0 Å². The fourth-order valence-electron chi connectivity index (χ4n) is 4.59. The Hall–Kier alpha value is -3.60. The van der Waals surface area contributed by atoms with Crippen molar-refractivity contribution in [3.63, 3.8) is 0 Å². The molecule has 5 rings (SSSR count). The molecule has 0 unspecified atom stereocenters. The van der Waals surface area contributed by atoms with Crippen LogP contribution in [0.2, 0.25) is 0 Å². The summed E-state index contributed by atoms with van der Waals surface area (Å²) < 4.78 is 50.6. The number of rotatable bonds is 3. The van der Waals surface area contributed by atoms with Gasteiger partial charge in [-0.25, -0.2) is 4.90 Å². The number of alkyl halides is 3. The van der Waals surface area contributed by atoms with Crippen LogP contribution in [0.4, 0.5) is 18.9 Å². The van der Waals surface area contributed by atoms with Crippen molar-refractivity contribution in [2.24, 2.45) is 0 Å². The van der Waals surface area contributed by atoms with E-state index in [1.54, 1.807) is 28.0 Å². The van der Waals surface area contributed by atoms with E-state index < -0.39 is 35.7 Å². The molecule has 0 aromatic heterocycles. The number of fused-ring (bicyclic) bond motifs is 1. The molecule has 11 heteroatoms. The molecule has 35 heavy (non-hydrogen) atoms. The van der Waals surface area contributed by atoms with Gasteiger partial charge in [0.15, 0.2) is 11.5 Å². The van der Waals surface area contributed by atoms with Gasteiger partial charge < -0.3 is 14.4 Å². The Bertz CT molecular complexity index is 1160. The molecule has 3 aliphatic rings. The zero-order chi connectivity index (χ0) is 24.7. The number of imide groups is 1. The second-order valence-corrected chi connectivity index (χ2v) is 8.56. The van der Waals surface area contributed by atoms with Crippen LogP contribution >= 0.6 is 0 Å². The van der Waals surface area contributed by atoms with E-state index in [-0.39, 0.29) is 24.6 Å². The van der Waals surface area contributed by atoms with E-state index >= 15 is 0 Å². The van der Waals surface area contributed by atoms with Crippen molar-refractivity contribution in [3.8, 4) is 11.5 Å². The average Bonchev–Trinajstić information content (AvgIpc) is 3.16. The number of hydrogen-bond acceptors (Lipinski definition) is 6. The number of halogens is 3. The first-order chi connectivity index (χ1) is 16.7. The largest absolute Gasteiger partial charge is 0.485 e. The van der Waals surface area contributed by atoms with Crippen LogP contribution in [0, 0.1) is 0 Å². The minimum atomic E-state index is -4.58. The molecule has 184 valence electrons. The van der Waals surface area contributed by atoms with Crippen LogP contribution in [0.15, 0.2) is 48.5 Å². The van der Waals surface area contributed by atoms with E-state index in [4.69, 9.17) is 9.47 Å². The second kappa shape index (κ2) is 8.88. The van der Waals surface area contributed by atoms with E-state index in [0.29, 0.717) is 37.7 Å². The van der Waals surface area contributed by atoms with Crippen molar-refractivity contribution < 1.29 is 37.0 Å². The molecular weight excluding hydrogens is 467 g/mol. The topological polar surface area (TPSA) is 79.4 Å². The van der Waals surface area contributed by atoms with Gasteiger partial charge in [0.2, 0.25) is 12.0 Å². The third kappa shape index (κ3) is 4.43. The number of piperazine rings is 1. The van der Waals surface area contributed by atoms with Crippen LogP contribution in [0.1, 0.15) is 12.0 Å². The van der Waals surface area contributed by atoms with Gasteiger partial charge in [0, 0.05) is 26.2 Å². The number of hydrogen-bond donors (Lipinski definition) is 0. The van der Waals surface area contributed by atoms with Crippen molar-refractivity contribution in [2.45, 2.75) is 24.7 Å². The third-order valence-corrected chi connectivity index (χ3v) is 6.41. The van der Waals surface area contributed by atoms with Crippen LogP contribution in [-0.2, 0) is 20.6 Å². The number of nitrogens with zero attached hydrogens (tertiary/aromatic N) is 3. The summed E-state index contributed by atoms with van der Waals surface area (Å²) in [5.74, 6) is -0.255. The lowest BCUT2D eigenvalue weighted by atomic mass is 10.1. The molecule has 3 aliphatic heterocycles. The minimum Gasteiger partial charge on any atom is -0.485 e. The molecule has 8 nitrogen and oxygen atoms in total. The van der Waals surface area contributed by atoms with Crippen molar-refractivity contribution in [3.05, 3.63) is 54.1 Å². The van der Waals surface area contributed by atoms with Crippen molar-refractivity contribution in [1.29, 1.82) is 0 Å². The molecule has 2 saturated heterocycles. The first kappa shape index (κ1) is 23.2. The number of carbonyl (C=O) groups is 3. The summed E-state index contributed by atoms with van der Waals surface area (Å²) in [6.07, 6.45) is -5.49. The monoisotopic (exact) mass is 489 g/mol. The number of benzene rings is 2. The molecule has 3 amide bonds. The highest BCUT2D eigenvalue weighted by Crippen LogP contribution is 2.34. The molecule has 2 aromatic carbocycles. The first-order valence-electron chi connectivity index (χ1n) is 11.2. The Balaban J connectivity index is 1.21. The van der Waals surface area contributed by atoms with Gasteiger partial charge in [-0.15, -0.1) is 0 Å². The molecule has 0 spiro atoms. The van der Waals surface area contributed by atoms with E-state index in [1.165, 1.54) is 12.1 Å². The first-order valence-corrected chi connectivity index (χ1v) is 11.2. The van der Waals surface area contributed by atoms with Crippen molar-refractivity contribution in [2.75, 3.05) is 37.7 Å². The predicted molar refractivity (Wildman–Crippen MR) is 117 cm³/mol. The smallest absolute Gasteiger partial charge is 0.416 e. The van der Waals surface area contributed by atoms with Crippen molar-refractivity contribution in [1.82, 2.24) is 9.80 Å². The van der Waals surface area contributed by atoms with Gasteiger partial charge in [0.25, 0.3) is 11.8 Å². The quantitative estimate of drug-likeness (QED) is 0.616. The lowest BCUT2D eigenvalue weighted by Gasteiger charge is -2.38. The van der Waals surface area contributed by atoms with Crippen LogP contribution < -0.4 is 14.4 Å². The second-order valence-electron chi connectivity index (χ2n) is 8.56. The maximum Gasteiger partial charge on any atom is 0.416 e. The summed E-state index contributed by atoms with van der Waals surface area (Å²) in [6.45, 7) is 1.42. The van der Waals surface area contributed by atoms with Gasteiger partial charge in [0.1, 0.15) is 6.61 Å². The molecule has 2 aromatic rings. The number of carbonyl (C=O) groups excluding carboxylic acids is 3. The van der Waals surface area contributed by atoms with Gasteiger partial charge in [-0.3, -0.25) is 19.3 Å². The summed E-state index contributed by atoms with van der Waals surface area (Å²) in [6, 6.07) is 10.5. The van der Waals surface area contributed by atoms with E-state index in [2.05, 4.69) is 0 Å². The van der Waals surface area contributed by atoms with Gasteiger partial charge in [-0.2, -0.15) is 13.2 Å². The number of ether oxygens (including phenoxy) is 2. The van der Waals surface area contributed by atoms with Crippen LogP contribution in [0.25, 0.3) is 0 Å². The maximum atomic E-state index is 13.1. The summed E-state index contributed by atoms with van der Waals surface area (Å²) >= 11 is 0. The summed E-state index contributed by atoms with van der Waals surface area (Å²) in [4.78, 5) is 42.8. The maximum absolute atomic E-state index is 13.1. The third-order valence-electron chi connectivity index (χ3n) is 6.41. The molecular formula is C24H22F3N3O5. The Morgan fingerprint density at radius 1 is 0.943 bits per heavy atom. The van der Waals surface area contributed by atoms with Gasteiger partial charge in [-0.1, -0.05) is 18.2 Å². The fraction of sp³-hybridized carbons (Fsp3) is 0.375. The van der Waals surface area contributed by atoms with E-state index in [1.807, 2.05) is 6.07 Å². The highest BCUT2D eigenvalue weighted by atomic mass is 19.4. The highest BCUT2D eigenvalue weighted by Gasteiger charge is 2.44.